The summed E-state index contributed by atoms with van der Waals surface area (Å²) in [5.41, 5.74) is 0.675. The fourth-order valence-corrected chi connectivity index (χ4v) is 2.16. The lowest BCUT2D eigenvalue weighted by Crippen LogP contribution is -2.42. The van der Waals surface area contributed by atoms with E-state index in [1.807, 2.05) is 0 Å². The van der Waals surface area contributed by atoms with Crippen molar-refractivity contribution < 1.29 is 13.9 Å². The Morgan fingerprint density at radius 3 is 3.11 bits per heavy atom. The summed E-state index contributed by atoms with van der Waals surface area (Å²) >= 11 is 0. The average Bonchev–Trinajstić information content (AvgIpc) is 2.45. The molecule has 1 aliphatic heterocycles. The van der Waals surface area contributed by atoms with Gasteiger partial charge >= 0.3 is 5.97 Å². The smallest absolute Gasteiger partial charge is 0.330 e. The molecule has 102 valence electrons. The first-order valence-corrected chi connectivity index (χ1v) is 6.35. The molecule has 0 unspecified atom stereocenters. The van der Waals surface area contributed by atoms with Gasteiger partial charge in [-0.3, -0.25) is 5.01 Å². The summed E-state index contributed by atoms with van der Waals surface area (Å²) in [5.74, 6) is -0.566. The van der Waals surface area contributed by atoms with E-state index in [4.69, 9.17) is 4.74 Å². The van der Waals surface area contributed by atoms with Crippen LogP contribution in [0.2, 0.25) is 0 Å². The van der Waals surface area contributed by atoms with Crippen LogP contribution in [0.1, 0.15) is 24.8 Å². The molecule has 4 nitrogen and oxygen atoms in total. The minimum absolute atomic E-state index is 0.268. The zero-order chi connectivity index (χ0) is 13.7. The normalized spacial score (nSPS) is 19.7. The van der Waals surface area contributed by atoms with Crippen LogP contribution in [0.25, 0.3) is 0 Å². The largest absolute Gasteiger partial charge is 0.467 e. The molecule has 0 bridgehead atoms. The summed E-state index contributed by atoms with van der Waals surface area (Å²) in [6, 6.07) is 5.85. The fraction of sp³-hybridized carbons (Fsp3) is 0.429. The molecule has 1 saturated heterocycles. The standard InChI is InChI=1S/C14H17FN2O2/c1-19-14(18)13-7-2-3-8-17(13)16-10-11-5-4-6-12(15)9-11/h4-6,9-10,13H,2-3,7-8H2,1H3/b16-10+/t13-/m1/s1. The van der Waals surface area contributed by atoms with Crippen molar-refractivity contribution in [2.24, 2.45) is 5.10 Å². The fourth-order valence-electron chi connectivity index (χ4n) is 2.16. The molecule has 1 fully saturated rings. The summed E-state index contributed by atoms with van der Waals surface area (Å²) in [4.78, 5) is 11.6. The molecule has 0 aromatic heterocycles. The number of halogens is 1. The Labute approximate surface area is 111 Å². The van der Waals surface area contributed by atoms with Crippen LogP contribution in [-0.2, 0) is 9.53 Å². The number of carbonyl (C=O) groups excluding carboxylic acids is 1. The number of rotatable bonds is 3. The topological polar surface area (TPSA) is 41.9 Å². The maximum absolute atomic E-state index is 13.0. The molecule has 0 radical (unpaired) electrons. The first-order valence-electron chi connectivity index (χ1n) is 6.35. The van der Waals surface area contributed by atoms with Gasteiger partial charge in [0.15, 0.2) is 0 Å². The van der Waals surface area contributed by atoms with Crippen molar-refractivity contribution in [3.8, 4) is 0 Å². The van der Waals surface area contributed by atoms with E-state index in [0.717, 1.165) is 19.3 Å². The van der Waals surface area contributed by atoms with E-state index in [2.05, 4.69) is 5.10 Å². The molecular weight excluding hydrogens is 247 g/mol. The van der Waals surface area contributed by atoms with Gasteiger partial charge < -0.3 is 4.74 Å². The van der Waals surface area contributed by atoms with Gasteiger partial charge in [0.25, 0.3) is 0 Å². The van der Waals surface area contributed by atoms with Crippen molar-refractivity contribution in [1.82, 2.24) is 5.01 Å². The highest BCUT2D eigenvalue weighted by Gasteiger charge is 2.28. The Morgan fingerprint density at radius 2 is 2.37 bits per heavy atom. The molecule has 1 atom stereocenters. The quantitative estimate of drug-likeness (QED) is 0.620. The van der Waals surface area contributed by atoms with Gasteiger partial charge in [0.05, 0.1) is 13.3 Å². The molecule has 0 N–H and O–H groups in total. The van der Waals surface area contributed by atoms with Crippen LogP contribution in [0.15, 0.2) is 29.4 Å². The van der Waals surface area contributed by atoms with E-state index in [9.17, 15) is 9.18 Å². The highest BCUT2D eigenvalue weighted by molar-refractivity contribution is 5.80. The molecular formula is C14H17FN2O2. The molecule has 0 aliphatic carbocycles. The van der Waals surface area contributed by atoms with E-state index < -0.39 is 0 Å². The van der Waals surface area contributed by atoms with E-state index in [0.29, 0.717) is 12.1 Å². The molecule has 2 rings (SSSR count). The number of hydrazone groups is 1. The third kappa shape index (κ3) is 3.53. The molecule has 1 aromatic carbocycles. The van der Waals surface area contributed by atoms with Crippen molar-refractivity contribution in [2.45, 2.75) is 25.3 Å². The van der Waals surface area contributed by atoms with Gasteiger partial charge in [-0.1, -0.05) is 12.1 Å². The third-order valence-electron chi connectivity index (χ3n) is 3.15. The zero-order valence-electron chi connectivity index (χ0n) is 10.9. The van der Waals surface area contributed by atoms with Gasteiger partial charge in [-0.05, 0) is 37.0 Å². The van der Waals surface area contributed by atoms with Crippen molar-refractivity contribution in [3.05, 3.63) is 35.6 Å². The Kier molecular flexibility index (Phi) is 4.49. The summed E-state index contributed by atoms with van der Waals surface area (Å²) in [5, 5.41) is 6.01. The molecule has 0 saturated carbocycles. The highest BCUT2D eigenvalue weighted by Crippen LogP contribution is 2.18. The average molecular weight is 264 g/mol. The van der Waals surface area contributed by atoms with Crippen LogP contribution in [0.4, 0.5) is 4.39 Å². The Bertz CT molecular complexity index is 476. The molecule has 1 aliphatic rings. The van der Waals surface area contributed by atoms with E-state index in [-0.39, 0.29) is 17.8 Å². The number of methoxy groups -OCH3 is 1. The van der Waals surface area contributed by atoms with Crippen LogP contribution in [0.3, 0.4) is 0 Å². The number of esters is 1. The molecule has 1 aromatic rings. The number of nitrogens with zero attached hydrogens (tertiary/aromatic N) is 2. The van der Waals surface area contributed by atoms with Crippen molar-refractivity contribution in [1.29, 1.82) is 0 Å². The Hall–Kier alpha value is -1.91. The molecule has 0 spiro atoms. The Balaban J connectivity index is 2.09. The maximum Gasteiger partial charge on any atom is 0.330 e. The molecule has 0 amide bonds. The number of benzene rings is 1. The van der Waals surface area contributed by atoms with Gasteiger partial charge in [-0.2, -0.15) is 5.10 Å². The molecule has 1 heterocycles. The first-order chi connectivity index (χ1) is 9.20. The van der Waals surface area contributed by atoms with Crippen LogP contribution < -0.4 is 0 Å². The van der Waals surface area contributed by atoms with Crippen molar-refractivity contribution in [3.63, 3.8) is 0 Å². The second kappa shape index (κ2) is 6.31. The number of hydrogen-bond acceptors (Lipinski definition) is 4. The second-order valence-corrected chi connectivity index (χ2v) is 4.50. The van der Waals surface area contributed by atoms with E-state index in [1.165, 1.54) is 19.2 Å². The lowest BCUT2D eigenvalue weighted by molar-refractivity contribution is -0.148. The van der Waals surface area contributed by atoms with Crippen LogP contribution in [-0.4, -0.2) is 36.9 Å². The maximum atomic E-state index is 13.0. The summed E-state index contributed by atoms with van der Waals surface area (Å²) < 4.78 is 17.8. The predicted molar refractivity (Wildman–Crippen MR) is 70.4 cm³/mol. The van der Waals surface area contributed by atoms with Gasteiger partial charge in [-0.15, -0.1) is 0 Å². The molecule has 19 heavy (non-hydrogen) atoms. The number of piperidine rings is 1. The SMILES string of the molecule is COC(=O)[C@H]1CCCCN1/N=C/c1cccc(F)c1. The van der Waals surface area contributed by atoms with Gasteiger partial charge in [0.2, 0.25) is 0 Å². The number of hydrogen-bond donors (Lipinski definition) is 0. The minimum atomic E-state index is -0.330. The van der Waals surface area contributed by atoms with Crippen LogP contribution in [0.5, 0.6) is 0 Å². The second-order valence-electron chi connectivity index (χ2n) is 4.50. The summed E-state index contributed by atoms with van der Waals surface area (Å²) in [7, 11) is 1.38. The predicted octanol–water partition coefficient (Wildman–Crippen LogP) is 2.19. The van der Waals surface area contributed by atoms with E-state index >= 15 is 0 Å². The monoisotopic (exact) mass is 264 g/mol. The lowest BCUT2D eigenvalue weighted by atomic mass is 10.0. The van der Waals surface area contributed by atoms with Crippen LogP contribution >= 0.6 is 0 Å². The number of carbonyl (C=O) groups is 1. The molecule has 5 heteroatoms. The van der Waals surface area contributed by atoms with E-state index in [1.54, 1.807) is 23.4 Å². The zero-order valence-corrected chi connectivity index (χ0v) is 10.9. The highest BCUT2D eigenvalue weighted by atomic mass is 19.1. The first kappa shape index (κ1) is 13.5. The van der Waals surface area contributed by atoms with Gasteiger partial charge in [0.1, 0.15) is 11.9 Å². The minimum Gasteiger partial charge on any atom is -0.467 e. The third-order valence-corrected chi connectivity index (χ3v) is 3.15. The number of ether oxygens (including phenoxy) is 1. The summed E-state index contributed by atoms with van der Waals surface area (Å²) in [6.07, 6.45) is 4.30. The van der Waals surface area contributed by atoms with Crippen molar-refractivity contribution >= 4 is 12.2 Å². The van der Waals surface area contributed by atoms with Gasteiger partial charge in [-0.25, -0.2) is 9.18 Å². The van der Waals surface area contributed by atoms with Gasteiger partial charge in [0, 0.05) is 6.54 Å². The Morgan fingerprint density at radius 1 is 1.53 bits per heavy atom. The van der Waals surface area contributed by atoms with Crippen LogP contribution in [0, 0.1) is 5.82 Å². The lowest BCUT2D eigenvalue weighted by Gasteiger charge is -2.31. The summed E-state index contributed by atoms with van der Waals surface area (Å²) in [6.45, 7) is 0.714. The van der Waals surface area contributed by atoms with Crippen molar-refractivity contribution in [2.75, 3.05) is 13.7 Å².